The molecule has 0 unspecified atom stereocenters. The number of carbonyl (C=O) groups is 1. The number of carbonyl (C=O) groups excluding carboxylic acids is 1. The van der Waals surface area contributed by atoms with Crippen LogP contribution < -0.4 is 10.6 Å². The zero-order valence-corrected chi connectivity index (χ0v) is 15.6. The molecule has 2 aromatic heterocycles. The summed E-state index contributed by atoms with van der Waals surface area (Å²) in [6.07, 6.45) is 1.59. The van der Waals surface area contributed by atoms with Gasteiger partial charge in [-0.1, -0.05) is 17.4 Å². The Morgan fingerprint density at radius 1 is 1.22 bits per heavy atom. The minimum atomic E-state index is -0.452. The maximum Gasteiger partial charge on any atom is 0.271 e. The molecule has 0 fully saturated rings. The number of benzene rings is 1. The molecule has 2 N–H and O–H groups in total. The summed E-state index contributed by atoms with van der Waals surface area (Å²) in [5.41, 5.74) is 2.75. The molecule has 138 valence electrons. The van der Waals surface area contributed by atoms with Gasteiger partial charge in [-0.05, 0) is 25.5 Å². The molecule has 0 saturated heterocycles. The molecule has 1 amide bonds. The van der Waals surface area contributed by atoms with Crippen molar-refractivity contribution in [3.05, 3.63) is 51.8 Å². The topological polar surface area (TPSA) is 123 Å². The van der Waals surface area contributed by atoms with Crippen LogP contribution in [0, 0.1) is 24.0 Å². The number of nitro benzene ring substituents is 1. The molecular weight excluding hydrogens is 368 g/mol. The summed E-state index contributed by atoms with van der Waals surface area (Å²) in [4.78, 5) is 35.5. The highest BCUT2D eigenvalue weighted by Gasteiger charge is 2.14. The largest absolute Gasteiger partial charge is 0.324 e. The molecule has 27 heavy (non-hydrogen) atoms. The third kappa shape index (κ3) is 4.23. The summed E-state index contributed by atoms with van der Waals surface area (Å²) >= 11 is 1.32. The Morgan fingerprint density at radius 3 is 2.70 bits per heavy atom. The number of non-ortho nitro benzene ring substituents is 1. The molecule has 3 rings (SSSR count). The van der Waals surface area contributed by atoms with Crippen LogP contribution in [0.3, 0.4) is 0 Å². The smallest absolute Gasteiger partial charge is 0.271 e. The van der Waals surface area contributed by atoms with Crippen molar-refractivity contribution in [1.82, 2.24) is 15.0 Å². The van der Waals surface area contributed by atoms with E-state index in [1.807, 2.05) is 13.8 Å². The van der Waals surface area contributed by atoms with Crippen molar-refractivity contribution in [2.75, 3.05) is 10.6 Å². The maximum atomic E-state index is 11.2. The number of thiazole rings is 1. The lowest BCUT2D eigenvalue weighted by Crippen LogP contribution is -2.04. The minimum Gasteiger partial charge on any atom is -0.324 e. The van der Waals surface area contributed by atoms with Crippen LogP contribution in [0.5, 0.6) is 0 Å². The zero-order valence-electron chi connectivity index (χ0n) is 14.8. The number of aryl methyl sites for hydroxylation is 2. The minimum absolute atomic E-state index is 0.0162. The number of aromatic nitrogens is 3. The van der Waals surface area contributed by atoms with Crippen LogP contribution in [0.2, 0.25) is 0 Å². The Bertz CT molecular complexity index is 1030. The average Bonchev–Trinajstić information content (AvgIpc) is 2.96. The van der Waals surface area contributed by atoms with Crippen molar-refractivity contribution < 1.29 is 9.72 Å². The fourth-order valence-corrected chi connectivity index (χ4v) is 3.34. The number of anilines is 3. The first-order chi connectivity index (χ1) is 12.8. The van der Waals surface area contributed by atoms with Gasteiger partial charge in [0.2, 0.25) is 11.9 Å². The summed E-state index contributed by atoms with van der Waals surface area (Å²) in [5.74, 6) is 0.117. The lowest BCUT2D eigenvalue weighted by molar-refractivity contribution is -0.384. The van der Waals surface area contributed by atoms with E-state index in [0.717, 1.165) is 16.1 Å². The Labute approximate surface area is 158 Å². The van der Waals surface area contributed by atoms with Crippen LogP contribution in [-0.4, -0.2) is 25.8 Å². The maximum absolute atomic E-state index is 11.2. The van der Waals surface area contributed by atoms with Crippen molar-refractivity contribution in [3.8, 4) is 10.6 Å². The Kier molecular flexibility index (Phi) is 5.08. The van der Waals surface area contributed by atoms with E-state index in [2.05, 4.69) is 25.6 Å². The van der Waals surface area contributed by atoms with E-state index in [4.69, 9.17) is 0 Å². The monoisotopic (exact) mass is 384 g/mol. The third-order valence-corrected chi connectivity index (χ3v) is 4.74. The fourth-order valence-electron chi connectivity index (χ4n) is 2.36. The van der Waals surface area contributed by atoms with Crippen LogP contribution in [0.25, 0.3) is 10.6 Å². The average molecular weight is 384 g/mol. The highest BCUT2D eigenvalue weighted by atomic mass is 32.1. The van der Waals surface area contributed by atoms with Crippen LogP contribution in [0.15, 0.2) is 30.5 Å². The highest BCUT2D eigenvalue weighted by molar-refractivity contribution is 7.19. The lowest BCUT2D eigenvalue weighted by atomic mass is 10.2. The van der Waals surface area contributed by atoms with Gasteiger partial charge in [0.1, 0.15) is 0 Å². The van der Waals surface area contributed by atoms with Crippen LogP contribution >= 0.6 is 11.3 Å². The summed E-state index contributed by atoms with van der Waals surface area (Å²) in [7, 11) is 0. The molecule has 2 heterocycles. The summed E-state index contributed by atoms with van der Waals surface area (Å²) in [6, 6.07) is 6.29. The van der Waals surface area contributed by atoms with Crippen molar-refractivity contribution >= 4 is 39.7 Å². The standard InChI is InChI=1S/C17H16N6O3S/c1-9-4-5-12(23(25)26)8-14(9)22-16-18-7-6-13(21-16)15-10(2)19-17(27-15)20-11(3)24/h4-8H,1-3H3,(H,18,21,22)(H,19,20,24). The molecule has 0 spiro atoms. The normalized spacial score (nSPS) is 10.5. The van der Waals surface area contributed by atoms with Gasteiger partial charge >= 0.3 is 0 Å². The van der Waals surface area contributed by atoms with Crippen LogP contribution in [-0.2, 0) is 4.79 Å². The molecule has 1 aromatic carbocycles. The van der Waals surface area contributed by atoms with Crippen molar-refractivity contribution in [3.63, 3.8) is 0 Å². The summed E-state index contributed by atoms with van der Waals surface area (Å²) in [6.45, 7) is 5.09. The van der Waals surface area contributed by atoms with E-state index in [-0.39, 0.29) is 11.6 Å². The van der Waals surface area contributed by atoms with Gasteiger partial charge in [0.15, 0.2) is 5.13 Å². The predicted molar refractivity (Wildman–Crippen MR) is 103 cm³/mol. The van der Waals surface area contributed by atoms with Gasteiger partial charge in [0.25, 0.3) is 5.69 Å². The molecule has 0 atom stereocenters. The van der Waals surface area contributed by atoms with Crippen molar-refractivity contribution in [2.45, 2.75) is 20.8 Å². The molecule has 0 saturated carbocycles. The van der Waals surface area contributed by atoms with Crippen LogP contribution in [0.1, 0.15) is 18.2 Å². The first-order valence-electron chi connectivity index (χ1n) is 7.94. The highest BCUT2D eigenvalue weighted by Crippen LogP contribution is 2.32. The Hall–Kier alpha value is -3.40. The van der Waals surface area contributed by atoms with E-state index >= 15 is 0 Å². The van der Waals surface area contributed by atoms with Gasteiger partial charge < -0.3 is 10.6 Å². The second-order valence-corrected chi connectivity index (χ2v) is 6.76. The second kappa shape index (κ2) is 7.46. The number of nitrogens with one attached hydrogen (secondary N) is 2. The molecule has 0 radical (unpaired) electrons. The number of nitrogens with zero attached hydrogens (tertiary/aromatic N) is 4. The van der Waals surface area contributed by atoms with Crippen LogP contribution in [0.4, 0.5) is 22.5 Å². The number of amides is 1. The zero-order chi connectivity index (χ0) is 19.6. The predicted octanol–water partition coefficient (Wildman–Crippen LogP) is 3.83. The quantitative estimate of drug-likeness (QED) is 0.506. The van der Waals surface area contributed by atoms with Crippen molar-refractivity contribution in [1.29, 1.82) is 0 Å². The molecule has 0 bridgehead atoms. The Balaban J connectivity index is 1.91. The Morgan fingerprint density at radius 2 is 2.00 bits per heavy atom. The number of nitro groups is 1. The molecule has 3 aromatic rings. The molecule has 9 nitrogen and oxygen atoms in total. The molecule has 10 heteroatoms. The van der Waals surface area contributed by atoms with Crippen molar-refractivity contribution in [2.24, 2.45) is 0 Å². The van der Waals surface area contributed by atoms with Gasteiger partial charge in [0, 0.05) is 25.3 Å². The summed E-state index contributed by atoms with van der Waals surface area (Å²) in [5, 5.41) is 17.2. The van der Waals surface area contributed by atoms with Gasteiger partial charge in [-0.3, -0.25) is 14.9 Å². The van der Waals surface area contributed by atoms with E-state index in [0.29, 0.717) is 22.5 Å². The fraction of sp³-hybridized carbons (Fsp3) is 0.176. The first-order valence-corrected chi connectivity index (χ1v) is 8.75. The molecule has 0 aliphatic carbocycles. The lowest BCUT2D eigenvalue weighted by Gasteiger charge is -2.08. The van der Waals surface area contributed by atoms with E-state index < -0.39 is 4.92 Å². The first kappa shape index (κ1) is 18.4. The third-order valence-electron chi connectivity index (χ3n) is 3.65. The molecular formula is C17H16N6O3S. The number of rotatable bonds is 5. The van der Waals surface area contributed by atoms with E-state index in [1.165, 1.54) is 30.4 Å². The number of hydrogen-bond acceptors (Lipinski definition) is 8. The van der Waals surface area contributed by atoms with Gasteiger partial charge in [0.05, 0.1) is 26.9 Å². The SMILES string of the molecule is CC(=O)Nc1nc(C)c(-c2ccnc(Nc3cc([N+](=O)[O-])ccc3C)n2)s1. The van der Waals surface area contributed by atoms with Gasteiger partial charge in [-0.2, -0.15) is 0 Å². The van der Waals surface area contributed by atoms with E-state index in [9.17, 15) is 14.9 Å². The molecule has 0 aliphatic heterocycles. The van der Waals surface area contributed by atoms with E-state index in [1.54, 1.807) is 18.3 Å². The summed E-state index contributed by atoms with van der Waals surface area (Å²) < 4.78 is 0. The second-order valence-electron chi connectivity index (χ2n) is 5.76. The van der Waals surface area contributed by atoms with Gasteiger partial charge in [-0.15, -0.1) is 0 Å². The van der Waals surface area contributed by atoms with Gasteiger partial charge in [-0.25, -0.2) is 15.0 Å². The molecule has 0 aliphatic rings. The number of hydrogen-bond donors (Lipinski definition) is 2.